The second kappa shape index (κ2) is 5.27. The van der Waals surface area contributed by atoms with Gasteiger partial charge in [-0.3, -0.25) is 14.8 Å². The summed E-state index contributed by atoms with van der Waals surface area (Å²) in [5.41, 5.74) is 2.75. The molecule has 5 heteroatoms. The molecular formula is C15H10ClN3O. The van der Waals surface area contributed by atoms with Gasteiger partial charge in [0.2, 0.25) is 0 Å². The average Bonchev–Trinajstić information content (AvgIpc) is 2.48. The van der Waals surface area contributed by atoms with Crippen LogP contribution in [0.25, 0.3) is 11.0 Å². The third-order valence-corrected chi connectivity index (χ3v) is 3.09. The van der Waals surface area contributed by atoms with E-state index in [-0.39, 0.29) is 5.91 Å². The Balaban J connectivity index is 1.85. The highest BCUT2D eigenvalue weighted by atomic mass is 35.5. The number of aromatic nitrogens is 2. The maximum absolute atomic E-state index is 12.1. The van der Waals surface area contributed by atoms with E-state index in [1.165, 1.54) is 0 Å². The molecule has 0 aliphatic rings. The van der Waals surface area contributed by atoms with Gasteiger partial charge in [0, 0.05) is 28.7 Å². The summed E-state index contributed by atoms with van der Waals surface area (Å²) in [6.45, 7) is 0. The van der Waals surface area contributed by atoms with E-state index in [2.05, 4.69) is 15.3 Å². The number of hydrogen-bond donors (Lipinski definition) is 1. The number of carbonyl (C=O) groups excluding carboxylic acids is 1. The predicted molar refractivity (Wildman–Crippen MR) is 78.9 cm³/mol. The van der Waals surface area contributed by atoms with E-state index in [1.54, 1.807) is 48.8 Å². The maximum atomic E-state index is 12.1. The summed E-state index contributed by atoms with van der Waals surface area (Å²) in [7, 11) is 0. The Bertz CT molecular complexity index is 771. The number of fused-ring (bicyclic) bond motifs is 1. The van der Waals surface area contributed by atoms with Gasteiger partial charge in [-0.25, -0.2) is 0 Å². The lowest BCUT2D eigenvalue weighted by Gasteiger charge is -2.06. The van der Waals surface area contributed by atoms with Crippen LogP contribution in [0, 0.1) is 0 Å². The van der Waals surface area contributed by atoms with E-state index < -0.39 is 0 Å². The molecule has 3 rings (SSSR count). The van der Waals surface area contributed by atoms with E-state index in [9.17, 15) is 4.79 Å². The number of benzene rings is 2. The first-order valence-corrected chi connectivity index (χ1v) is 6.38. The number of amides is 1. The normalized spacial score (nSPS) is 10.4. The molecular weight excluding hydrogens is 274 g/mol. The van der Waals surface area contributed by atoms with Crippen LogP contribution in [0.4, 0.5) is 5.69 Å². The maximum Gasteiger partial charge on any atom is 0.255 e. The molecule has 0 aliphatic carbocycles. The van der Waals surface area contributed by atoms with Crippen LogP contribution in [0.15, 0.2) is 54.9 Å². The third-order valence-electron chi connectivity index (χ3n) is 2.83. The molecule has 98 valence electrons. The molecule has 1 aromatic heterocycles. The SMILES string of the molecule is O=C(Nc1ccc2nccnc2c1)c1ccc(Cl)cc1. The summed E-state index contributed by atoms with van der Waals surface area (Å²) in [5.74, 6) is -0.190. The summed E-state index contributed by atoms with van der Waals surface area (Å²) >= 11 is 5.79. The number of carbonyl (C=O) groups is 1. The Hall–Kier alpha value is -2.46. The van der Waals surface area contributed by atoms with Crippen LogP contribution >= 0.6 is 11.6 Å². The molecule has 0 radical (unpaired) electrons. The summed E-state index contributed by atoms with van der Waals surface area (Å²) < 4.78 is 0. The summed E-state index contributed by atoms with van der Waals surface area (Å²) in [4.78, 5) is 20.5. The first kappa shape index (κ1) is 12.6. The van der Waals surface area contributed by atoms with Crippen LogP contribution in [0.3, 0.4) is 0 Å². The fourth-order valence-electron chi connectivity index (χ4n) is 1.85. The van der Waals surface area contributed by atoms with Crippen LogP contribution in [0.2, 0.25) is 5.02 Å². The Morgan fingerprint density at radius 2 is 1.65 bits per heavy atom. The van der Waals surface area contributed by atoms with Gasteiger partial charge < -0.3 is 5.32 Å². The van der Waals surface area contributed by atoms with Gasteiger partial charge >= 0.3 is 0 Å². The molecule has 0 aliphatic heterocycles. The second-order valence-corrected chi connectivity index (χ2v) is 4.66. The molecule has 0 atom stereocenters. The van der Waals surface area contributed by atoms with E-state index in [0.29, 0.717) is 16.3 Å². The van der Waals surface area contributed by atoms with E-state index >= 15 is 0 Å². The lowest BCUT2D eigenvalue weighted by Crippen LogP contribution is -2.11. The molecule has 0 spiro atoms. The van der Waals surface area contributed by atoms with Crippen molar-refractivity contribution in [2.75, 3.05) is 5.32 Å². The molecule has 0 fully saturated rings. The molecule has 1 N–H and O–H groups in total. The van der Waals surface area contributed by atoms with Crippen molar-refractivity contribution >= 4 is 34.2 Å². The Labute approximate surface area is 120 Å². The van der Waals surface area contributed by atoms with Crippen molar-refractivity contribution < 1.29 is 4.79 Å². The minimum Gasteiger partial charge on any atom is -0.322 e. The van der Waals surface area contributed by atoms with Gasteiger partial charge in [-0.15, -0.1) is 0 Å². The van der Waals surface area contributed by atoms with Crippen molar-refractivity contribution in [3.05, 3.63) is 65.4 Å². The van der Waals surface area contributed by atoms with Gasteiger partial charge in [0.05, 0.1) is 11.0 Å². The smallest absolute Gasteiger partial charge is 0.255 e. The van der Waals surface area contributed by atoms with Crippen LogP contribution in [-0.2, 0) is 0 Å². The molecule has 20 heavy (non-hydrogen) atoms. The van der Waals surface area contributed by atoms with Gasteiger partial charge in [-0.1, -0.05) is 11.6 Å². The van der Waals surface area contributed by atoms with Gasteiger partial charge in [-0.2, -0.15) is 0 Å². The fraction of sp³-hybridized carbons (Fsp3) is 0. The summed E-state index contributed by atoms with van der Waals surface area (Å²) in [6, 6.07) is 12.1. The molecule has 0 unspecified atom stereocenters. The first-order chi connectivity index (χ1) is 9.72. The molecule has 0 bridgehead atoms. The third kappa shape index (κ3) is 2.60. The first-order valence-electron chi connectivity index (χ1n) is 6.00. The second-order valence-electron chi connectivity index (χ2n) is 4.22. The number of rotatable bonds is 2. The predicted octanol–water partition coefficient (Wildman–Crippen LogP) is 3.54. The molecule has 4 nitrogen and oxygen atoms in total. The molecule has 2 aromatic carbocycles. The summed E-state index contributed by atoms with van der Waals surface area (Å²) in [5, 5.41) is 3.42. The standard InChI is InChI=1S/C15H10ClN3O/c16-11-3-1-10(2-4-11)15(20)19-12-5-6-13-14(9-12)18-8-7-17-13/h1-9H,(H,19,20). The van der Waals surface area contributed by atoms with Crippen LogP contribution < -0.4 is 5.32 Å². The number of halogens is 1. The van der Waals surface area contributed by atoms with Crippen LogP contribution in [0.5, 0.6) is 0 Å². The van der Waals surface area contributed by atoms with Gasteiger partial charge in [0.25, 0.3) is 5.91 Å². The van der Waals surface area contributed by atoms with Crippen molar-refractivity contribution in [3.63, 3.8) is 0 Å². The number of nitrogens with one attached hydrogen (secondary N) is 1. The lowest BCUT2D eigenvalue weighted by atomic mass is 10.2. The highest BCUT2D eigenvalue weighted by Gasteiger charge is 2.06. The van der Waals surface area contributed by atoms with Crippen molar-refractivity contribution in [1.82, 2.24) is 9.97 Å². The highest BCUT2D eigenvalue weighted by molar-refractivity contribution is 6.30. The lowest BCUT2D eigenvalue weighted by molar-refractivity contribution is 0.102. The number of anilines is 1. The molecule has 1 heterocycles. The quantitative estimate of drug-likeness (QED) is 0.783. The Morgan fingerprint density at radius 3 is 2.40 bits per heavy atom. The fourth-order valence-corrected chi connectivity index (χ4v) is 1.97. The zero-order valence-corrected chi connectivity index (χ0v) is 11.1. The Morgan fingerprint density at radius 1 is 0.950 bits per heavy atom. The van der Waals surface area contributed by atoms with Crippen molar-refractivity contribution in [3.8, 4) is 0 Å². The largest absolute Gasteiger partial charge is 0.322 e. The minimum absolute atomic E-state index is 0.190. The molecule has 1 amide bonds. The number of nitrogens with zero attached hydrogens (tertiary/aromatic N) is 2. The van der Waals surface area contributed by atoms with Gasteiger partial charge in [-0.05, 0) is 42.5 Å². The Kier molecular flexibility index (Phi) is 3.31. The average molecular weight is 284 g/mol. The molecule has 0 saturated heterocycles. The van der Waals surface area contributed by atoms with Crippen LogP contribution in [0.1, 0.15) is 10.4 Å². The van der Waals surface area contributed by atoms with E-state index in [0.717, 1.165) is 11.0 Å². The summed E-state index contributed by atoms with van der Waals surface area (Å²) in [6.07, 6.45) is 3.25. The molecule has 0 saturated carbocycles. The zero-order chi connectivity index (χ0) is 13.9. The van der Waals surface area contributed by atoms with E-state index in [4.69, 9.17) is 11.6 Å². The minimum atomic E-state index is -0.190. The highest BCUT2D eigenvalue weighted by Crippen LogP contribution is 2.16. The van der Waals surface area contributed by atoms with Crippen molar-refractivity contribution in [2.24, 2.45) is 0 Å². The van der Waals surface area contributed by atoms with Crippen LogP contribution in [-0.4, -0.2) is 15.9 Å². The van der Waals surface area contributed by atoms with Crippen molar-refractivity contribution in [2.45, 2.75) is 0 Å². The zero-order valence-electron chi connectivity index (χ0n) is 10.4. The monoisotopic (exact) mass is 283 g/mol. The van der Waals surface area contributed by atoms with Crippen molar-refractivity contribution in [1.29, 1.82) is 0 Å². The molecule has 3 aromatic rings. The van der Waals surface area contributed by atoms with Gasteiger partial charge in [0.1, 0.15) is 0 Å². The number of hydrogen-bond acceptors (Lipinski definition) is 3. The van der Waals surface area contributed by atoms with E-state index in [1.807, 2.05) is 6.07 Å². The topological polar surface area (TPSA) is 54.9 Å². The van der Waals surface area contributed by atoms with Gasteiger partial charge in [0.15, 0.2) is 0 Å².